The van der Waals surface area contributed by atoms with Gasteiger partial charge < -0.3 is 10.3 Å². The third-order valence-electron chi connectivity index (χ3n) is 3.62. The molecule has 0 bridgehead atoms. The highest BCUT2D eigenvalue weighted by Gasteiger charge is 2.03. The van der Waals surface area contributed by atoms with Crippen molar-refractivity contribution in [2.45, 2.75) is 13.5 Å². The molecule has 0 saturated heterocycles. The van der Waals surface area contributed by atoms with Crippen molar-refractivity contribution in [3.63, 3.8) is 0 Å². The summed E-state index contributed by atoms with van der Waals surface area (Å²) in [7, 11) is 0. The first-order chi connectivity index (χ1) is 10.7. The first-order valence-corrected chi connectivity index (χ1v) is 7.30. The second-order valence-electron chi connectivity index (χ2n) is 5.29. The van der Waals surface area contributed by atoms with E-state index in [4.69, 9.17) is 0 Å². The first kappa shape index (κ1) is 14.1. The average Bonchev–Trinajstić information content (AvgIpc) is 2.96. The molecule has 1 heterocycles. The normalized spacial score (nSPS) is 11.6. The van der Waals surface area contributed by atoms with Crippen LogP contribution < -0.4 is 5.32 Å². The molecule has 0 spiro atoms. The summed E-state index contributed by atoms with van der Waals surface area (Å²) in [5.74, 6) is -0.0833. The highest BCUT2D eigenvalue weighted by atomic mass is 16.1. The van der Waals surface area contributed by atoms with E-state index < -0.39 is 0 Å². The fraction of sp³-hybridized carbons (Fsp3) is 0.105. The molecule has 0 aliphatic heterocycles. The van der Waals surface area contributed by atoms with E-state index in [1.54, 1.807) is 6.08 Å². The number of amides is 1. The van der Waals surface area contributed by atoms with Gasteiger partial charge in [-0.15, -0.1) is 0 Å². The van der Waals surface area contributed by atoms with Crippen molar-refractivity contribution in [1.29, 1.82) is 0 Å². The summed E-state index contributed by atoms with van der Waals surface area (Å²) in [5, 5.41) is 4.07. The second kappa shape index (κ2) is 6.31. The molecule has 0 fully saturated rings. The number of nitrogens with one attached hydrogen (secondary N) is 2. The maximum absolute atomic E-state index is 12.0. The predicted molar refractivity (Wildman–Crippen MR) is 90.2 cm³/mol. The van der Waals surface area contributed by atoms with Gasteiger partial charge in [-0.1, -0.05) is 48.5 Å². The van der Waals surface area contributed by atoms with Crippen LogP contribution in [0.1, 0.15) is 18.2 Å². The second-order valence-corrected chi connectivity index (χ2v) is 5.29. The average molecular weight is 290 g/mol. The van der Waals surface area contributed by atoms with E-state index >= 15 is 0 Å². The fourth-order valence-electron chi connectivity index (χ4n) is 2.44. The van der Waals surface area contributed by atoms with Gasteiger partial charge in [0.25, 0.3) is 0 Å². The number of hydrogen-bond acceptors (Lipinski definition) is 1. The summed E-state index contributed by atoms with van der Waals surface area (Å²) in [5.41, 5.74) is 4.10. The number of aromatic nitrogens is 1. The molecule has 0 unspecified atom stereocenters. The summed E-state index contributed by atoms with van der Waals surface area (Å²) < 4.78 is 0. The number of fused-ring (bicyclic) bond motifs is 1. The number of benzene rings is 2. The summed E-state index contributed by atoms with van der Waals surface area (Å²) in [6.07, 6.45) is 1.64. The van der Waals surface area contributed by atoms with E-state index in [-0.39, 0.29) is 5.91 Å². The number of H-pyrrole nitrogens is 1. The van der Waals surface area contributed by atoms with E-state index in [0.717, 1.165) is 27.7 Å². The zero-order valence-electron chi connectivity index (χ0n) is 12.5. The van der Waals surface area contributed by atoms with Crippen molar-refractivity contribution in [2.24, 2.45) is 0 Å². The molecule has 22 heavy (non-hydrogen) atoms. The molecule has 2 aromatic carbocycles. The van der Waals surface area contributed by atoms with Gasteiger partial charge in [0.2, 0.25) is 5.91 Å². The molecule has 0 atom stereocenters. The van der Waals surface area contributed by atoms with Crippen LogP contribution in [0, 0.1) is 0 Å². The van der Waals surface area contributed by atoms with Crippen LogP contribution in [0.3, 0.4) is 0 Å². The van der Waals surface area contributed by atoms with Gasteiger partial charge in [0.15, 0.2) is 0 Å². The van der Waals surface area contributed by atoms with Crippen molar-refractivity contribution in [1.82, 2.24) is 10.3 Å². The molecule has 3 nitrogen and oxygen atoms in total. The van der Waals surface area contributed by atoms with Gasteiger partial charge in [0.05, 0.1) is 6.54 Å². The highest BCUT2D eigenvalue weighted by Crippen LogP contribution is 2.15. The lowest BCUT2D eigenvalue weighted by molar-refractivity contribution is -0.116. The zero-order chi connectivity index (χ0) is 15.4. The Balaban J connectivity index is 1.65. The number of hydrogen-bond donors (Lipinski definition) is 2. The van der Waals surface area contributed by atoms with E-state index in [1.807, 2.05) is 55.5 Å². The molecule has 0 aliphatic rings. The monoisotopic (exact) mass is 290 g/mol. The summed E-state index contributed by atoms with van der Waals surface area (Å²) in [6.45, 7) is 2.43. The SMILES string of the molecule is C/C(=C/C(=O)NCc1cc2ccccc2[nH]1)c1ccccc1. The number of para-hydroxylation sites is 1. The largest absolute Gasteiger partial charge is 0.357 e. The molecule has 3 heteroatoms. The maximum Gasteiger partial charge on any atom is 0.244 e. The van der Waals surface area contributed by atoms with Crippen LogP contribution >= 0.6 is 0 Å². The Bertz CT molecular complexity index is 783. The summed E-state index contributed by atoms with van der Waals surface area (Å²) >= 11 is 0. The van der Waals surface area contributed by atoms with E-state index in [0.29, 0.717) is 6.54 Å². The van der Waals surface area contributed by atoms with Gasteiger partial charge in [-0.05, 0) is 35.6 Å². The van der Waals surface area contributed by atoms with Crippen LogP contribution in [-0.4, -0.2) is 10.9 Å². The number of rotatable bonds is 4. The van der Waals surface area contributed by atoms with Gasteiger partial charge in [-0.2, -0.15) is 0 Å². The van der Waals surface area contributed by atoms with E-state index in [1.165, 1.54) is 0 Å². The molecule has 3 aromatic rings. The lowest BCUT2D eigenvalue weighted by atomic mass is 10.1. The van der Waals surface area contributed by atoms with E-state index in [2.05, 4.69) is 22.4 Å². The van der Waals surface area contributed by atoms with Crippen LogP contribution in [0.15, 0.2) is 66.7 Å². The Morgan fingerprint density at radius 3 is 2.59 bits per heavy atom. The van der Waals surface area contributed by atoms with Crippen molar-refractivity contribution < 1.29 is 4.79 Å². The topological polar surface area (TPSA) is 44.9 Å². The van der Waals surface area contributed by atoms with Crippen LogP contribution in [0.5, 0.6) is 0 Å². The molecule has 1 aromatic heterocycles. The Hall–Kier alpha value is -2.81. The third-order valence-corrected chi connectivity index (χ3v) is 3.62. The van der Waals surface area contributed by atoms with Gasteiger partial charge in [0.1, 0.15) is 0 Å². The zero-order valence-corrected chi connectivity index (χ0v) is 12.5. The van der Waals surface area contributed by atoms with Crippen LogP contribution in [-0.2, 0) is 11.3 Å². The van der Waals surface area contributed by atoms with Gasteiger partial charge in [0, 0.05) is 17.3 Å². The van der Waals surface area contributed by atoms with Gasteiger partial charge >= 0.3 is 0 Å². The molecular weight excluding hydrogens is 272 g/mol. The Morgan fingerprint density at radius 1 is 1.09 bits per heavy atom. The molecule has 110 valence electrons. The number of carbonyl (C=O) groups is 1. The molecule has 0 aliphatic carbocycles. The molecule has 1 amide bonds. The molecule has 2 N–H and O–H groups in total. The minimum absolute atomic E-state index is 0.0833. The van der Waals surface area contributed by atoms with Crippen molar-refractivity contribution >= 4 is 22.4 Å². The highest BCUT2D eigenvalue weighted by molar-refractivity contribution is 5.94. The molecular formula is C19H18N2O. The molecule has 3 rings (SSSR count). The van der Waals surface area contributed by atoms with Crippen molar-refractivity contribution in [3.05, 3.63) is 78.0 Å². The first-order valence-electron chi connectivity index (χ1n) is 7.30. The quantitative estimate of drug-likeness (QED) is 0.704. The fourth-order valence-corrected chi connectivity index (χ4v) is 2.44. The Kier molecular flexibility index (Phi) is 4.05. The Morgan fingerprint density at radius 2 is 1.82 bits per heavy atom. The number of aromatic amines is 1. The minimum atomic E-state index is -0.0833. The minimum Gasteiger partial charge on any atom is -0.357 e. The van der Waals surface area contributed by atoms with Gasteiger partial charge in [-0.25, -0.2) is 0 Å². The van der Waals surface area contributed by atoms with Crippen LogP contribution in [0.25, 0.3) is 16.5 Å². The lowest BCUT2D eigenvalue weighted by Gasteiger charge is -2.03. The molecule has 0 saturated carbocycles. The smallest absolute Gasteiger partial charge is 0.244 e. The van der Waals surface area contributed by atoms with E-state index in [9.17, 15) is 4.79 Å². The lowest BCUT2D eigenvalue weighted by Crippen LogP contribution is -2.20. The number of allylic oxidation sites excluding steroid dienone is 1. The maximum atomic E-state index is 12.0. The van der Waals surface area contributed by atoms with Crippen molar-refractivity contribution in [3.8, 4) is 0 Å². The number of carbonyl (C=O) groups excluding carboxylic acids is 1. The van der Waals surface area contributed by atoms with Gasteiger partial charge in [-0.3, -0.25) is 4.79 Å². The van der Waals surface area contributed by atoms with Crippen LogP contribution in [0.2, 0.25) is 0 Å². The standard InChI is InChI=1S/C19H18N2O/c1-14(15-7-3-2-4-8-15)11-19(22)20-13-17-12-16-9-5-6-10-18(16)21-17/h2-12,21H,13H2,1H3,(H,20,22)/b14-11-. The van der Waals surface area contributed by atoms with Crippen LogP contribution in [0.4, 0.5) is 0 Å². The molecule has 0 radical (unpaired) electrons. The predicted octanol–water partition coefficient (Wildman–Crippen LogP) is 3.89. The third kappa shape index (κ3) is 3.26. The van der Waals surface area contributed by atoms with Crippen molar-refractivity contribution in [2.75, 3.05) is 0 Å². The Labute approximate surface area is 129 Å². The summed E-state index contributed by atoms with van der Waals surface area (Å²) in [6, 6.07) is 20.0. The summed E-state index contributed by atoms with van der Waals surface area (Å²) in [4.78, 5) is 15.3.